The highest BCUT2D eigenvalue weighted by Crippen LogP contribution is 2.16. The third-order valence-corrected chi connectivity index (χ3v) is 3.37. The van der Waals surface area contributed by atoms with Gasteiger partial charge in [-0.25, -0.2) is 4.79 Å². The second-order valence-electron chi connectivity index (χ2n) is 5.37. The van der Waals surface area contributed by atoms with Gasteiger partial charge in [0.15, 0.2) is 0 Å². The topological polar surface area (TPSA) is 88.3 Å². The molecule has 0 saturated carbocycles. The Hall–Kier alpha value is -2.11. The van der Waals surface area contributed by atoms with Crippen molar-refractivity contribution in [2.24, 2.45) is 0 Å². The van der Waals surface area contributed by atoms with Crippen molar-refractivity contribution in [2.75, 3.05) is 7.11 Å². The van der Waals surface area contributed by atoms with Crippen molar-refractivity contribution < 1.29 is 14.3 Å². The number of aryl methyl sites for hydroxylation is 2. The summed E-state index contributed by atoms with van der Waals surface area (Å²) in [6.45, 7) is 6.92. The van der Waals surface area contributed by atoms with E-state index in [0.717, 1.165) is 0 Å². The lowest BCUT2D eigenvalue weighted by Crippen LogP contribution is -2.53. The smallest absolute Gasteiger partial charge is 0.331 e. The van der Waals surface area contributed by atoms with E-state index < -0.39 is 23.0 Å². The summed E-state index contributed by atoms with van der Waals surface area (Å²) in [4.78, 5) is 38.8. The molecular formula is C15H22N2O4. The van der Waals surface area contributed by atoms with Gasteiger partial charge in [-0.2, -0.15) is 0 Å². The van der Waals surface area contributed by atoms with Crippen LogP contribution < -0.4 is 10.9 Å². The van der Waals surface area contributed by atoms with Gasteiger partial charge in [-0.3, -0.25) is 9.59 Å². The van der Waals surface area contributed by atoms with Gasteiger partial charge in [0.2, 0.25) is 0 Å². The van der Waals surface area contributed by atoms with Crippen LogP contribution in [-0.4, -0.2) is 29.5 Å². The number of nitrogens with one attached hydrogen (secondary N) is 2. The van der Waals surface area contributed by atoms with Crippen molar-refractivity contribution in [1.29, 1.82) is 0 Å². The maximum absolute atomic E-state index is 12.4. The van der Waals surface area contributed by atoms with Crippen molar-refractivity contribution in [1.82, 2.24) is 10.3 Å². The van der Waals surface area contributed by atoms with Gasteiger partial charge in [-0.05, 0) is 38.8 Å². The summed E-state index contributed by atoms with van der Waals surface area (Å²) in [7, 11) is 1.27. The van der Waals surface area contributed by atoms with E-state index in [9.17, 15) is 14.4 Å². The molecular weight excluding hydrogens is 272 g/mol. The molecule has 21 heavy (non-hydrogen) atoms. The highest BCUT2D eigenvalue weighted by Gasteiger charge is 2.36. The van der Waals surface area contributed by atoms with Crippen molar-refractivity contribution in [2.45, 2.75) is 46.1 Å². The number of amides is 1. The summed E-state index contributed by atoms with van der Waals surface area (Å²) >= 11 is 0. The summed E-state index contributed by atoms with van der Waals surface area (Å²) in [6, 6.07) is 1.71. The first-order chi connectivity index (χ1) is 9.75. The van der Waals surface area contributed by atoms with E-state index in [2.05, 4.69) is 10.3 Å². The molecule has 1 unspecified atom stereocenters. The zero-order valence-corrected chi connectivity index (χ0v) is 13.1. The first kappa shape index (κ1) is 16.9. The van der Waals surface area contributed by atoms with Crippen LogP contribution in [0.4, 0.5) is 0 Å². The van der Waals surface area contributed by atoms with Gasteiger partial charge in [-0.15, -0.1) is 0 Å². The Balaban J connectivity index is 3.15. The SMILES string of the molecule is CCCC(C)(NC(=O)c1c(C)cc(C)[nH]c1=O)C(=O)OC. The van der Waals surface area contributed by atoms with Crippen LogP contribution in [0.1, 0.15) is 48.3 Å². The highest BCUT2D eigenvalue weighted by atomic mass is 16.5. The van der Waals surface area contributed by atoms with Crippen LogP contribution in [0, 0.1) is 13.8 Å². The van der Waals surface area contributed by atoms with Crippen LogP contribution in [0.5, 0.6) is 0 Å². The minimum atomic E-state index is -1.15. The largest absolute Gasteiger partial charge is 0.467 e. The molecule has 1 heterocycles. The van der Waals surface area contributed by atoms with E-state index in [1.165, 1.54) is 7.11 Å². The average molecular weight is 294 g/mol. The standard InChI is InChI=1S/C15H22N2O4/c1-6-7-15(4,14(20)21-5)17-13(19)11-9(2)8-10(3)16-12(11)18/h8H,6-7H2,1-5H3,(H,16,18)(H,17,19). The van der Waals surface area contributed by atoms with Gasteiger partial charge in [0.1, 0.15) is 11.1 Å². The Bertz CT molecular complexity index is 606. The molecule has 0 bridgehead atoms. The molecule has 0 aliphatic heterocycles. The minimum Gasteiger partial charge on any atom is -0.467 e. The molecule has 0 fully saturated rings. The molecule has 0 radical (unpaired) electrons. The monoisotopic (exact) mass is 294 g/mol. The third-order valence-electron chi connectivity index (χ3n) is 3.37. The van der Waals surface area contributed by atoms with E-state index in [1.807, 2.05) is 6.92 Å². The highest BCUT2D eigenvalue weighted by molar-refractivity contribution is 5.98. The van der Waals surface area contributed by atoms with E-state index in [4.69, 9.17) is 4.74 Å². The van der Waals surface area contributed by atoms with Crippen LogP contribution in [-0.2, 0) is 9.53 Å². The number of aromatic amines is 1. The summed E-state index contributed by atoms with van der Waals surface area (Å²) in [6.07, 6.45) is 1.11. The van der Waals surface area contributed by atoms with Crippen molar-refractivity contribution in [3.05, 3.63) is 33.2 Å². The summed E-state index contributed by atoms with van der Waals surface area (Å²) in [5, 5.41) is 2.63. The number of hydrogen-bond acceptors (Lipinski definition) is 4. The van der Waals surface area contributed by atoms with Gasteiger partial charge >= 0.3 is 5.97 Å². The first-order valence-electron chi connectivity index (χ1n) is 6.86. The number of aromatic nitrogens is 1. The lowest BCUT2D eigenvalue weighted by atomic mass is 9.95. The number of rotatable bonds is 5. The predicted octanol–water partition coefficient (Wildman–Crippen LogP) is 1.45. The lowest BCUT2D eigenvalue weighted by Gasteiger charge is -2.27. The molecule has 0 aliphatic carbocycles. The molecule has 1 aromatic rings. The molecule has 0 aliphatic rings. The molecule has 116 valence electrons. The van der Waals surface area contributed by atoms with Crippen LogP contribution in [0.3, 0.4) is 0 Å². The summed E-state index contributed by atoms with van der Waals surface area (Å²) < 4.78 is 4.74. The van der Waals surface area contributed by atoms with Gasteiger partial charge in [0.25, 0.3) is 11.5 Å². The Morgan fingerprint density at radius 2 is 2.00 bits per heavy atom. The maximum Gasteiger partial charge on any atom is 0.331 e. The predicted molar refractivity (Wildman–Crippen MR) is 79.3 cm³/mol. The first-order valence-corrected chi connectivity index (χ1v) is 6.86. The van der Waals surface area contributed by atoms with Gasteiger partial charge in [0.05, 0.1) is 7.11 Å². The number of H-pyrrole nitrogens is 1. The van der Waals surface area contributed by atoms with Crippen LogP contribution >= 0.6 is 0 Å². The zero-order valence-electron chi connectivity index (χ0n) is 13.1. The van der Waals surface area contributed by atoms with Crippen LogP contribution in [0.15, 0.2) is 10.9 Å². The average Bonchev–Trinajstić information content (AvgIpc) is 2.36. The van der Waals surface area contributed by atoms with Crippen LogP contribution in [0.2, 0.25) is 0 Å². The molecule has 1 aromatic heterocycles. The van der Waals surface area contributed by atoms with Gasteiger partial charge in [0, 0.05) is 5.69 Å². The Kier molecular flexibility index (Phi) is 5.29. The zero-order chi connectivity index (χ0) is 16.2. The number of hydrogen-bond donors (Lipinski definition) is 2. The van der Waals surface area contributed by atoms with Gasteiger partial charge < -0.3 is 15.0 Å². The molecule has 0 spiro atoms. The van der Waals surface area contributed by atoms with Gasteiger partial charge in [-0.1, -0.05) is 13.3 Å². The van der Waals surface area contributed by atoms with E-state index in [-0.39, 0.29) is 5.56 Å². The number of esters is 1. The fraction of sp³-hybridized carbons (Fsp3) is 0.533. The van der Waals surface area contributed by atoms with E-state index in [0.29, 0.717) is 24.1 Å². The number of carbonyl (C=O) groups is 2. The summed E-state index contributed by atoms with van der Waals surface area (Å²) in [5.74, 6) is -1.10. The van der Waals surface area contributed by atoms with E-state index in [1.54, 1.807) is 26.8 Å². The molecule has 1 amide bonds. The molecule has 6 heteroatoms. The second-order valence-corrected chi connectivity index (χ2v) is 5.37. The third kappa shape index (κ3) is 3.71. The Morgan fingerprint density at radius 1 is 1.38 bits per heavy atom. The quantitative estimate of drug-likeness (QED) is 0.805. The second kappa shape index (κ2) is 6.56. The fourth-order valence-electron chi connectivity index (χ4n) is 2.39. The number of methoxy groups -OCH3 is 1. The molecule has 1 rings (SSSR count). The number of ether oxygens (including phenoxy) is 1. The molecule has 2 N–H and O–H groups in total. The molecule has 0 saturated heterocycles. The Morgan fingerprint density at radius 3 is 2.48 bits per heavy atom. The molecule has 1 atom stereocenters. The summed E-state index contributed by atoms with van der Waals surface area (Å²) in [5.41, 5.74) is -0.346. The molecule has 0 aromatic carbocycles. The molecule has 6 nitrogen and oxygen atoms in total. The van der Waals surface area contributed by atoms with E-state index >= 15 is 0 Å². The Labute approximate surface area is 123 Å². The number of pyridine rings is 1. The minimum absolute atomic E-state index is 0.0202. The lowest BCUT2D eigenvalue weighted by molar-refractivity contribution is -0.147. The fourth-order valence-corrected chi connectivity index (χ4v) is 2.39. The van der Waals surface area contributed by atoms with Crippen molar-refractivity contribution in [3.8, 4) is 0 Å². The van der Waals surface area contributed by atoms with Crippen molar-refractivity contribution >= 4 is 11.9 Å². The maximum atomic E-state index is 12.4. The van der Waals surface area contributed by atoms with Crippen molar-refractivity contribution in [3.63, 3.8) is 0 Å². The normalized spacial score (nSPS) is 13.4. The number of carbonyl (C=O) groups excluding carboxylic acids is 2. The van der Waals surface area contributed by atoms with Crippen LogP contribution in [0.25, 0.3) is 0 Å².